The van der Waals surface area contributed by atoms with E-state index < -0.39 is 23.3 Å². The number of amides is 1. The fraction of sp³-hybridized carbons (Fsp3) is 0.143. The second kappa shape index (κ2) is 8.31. The lowest BCUT2D eigenvalue weighted by Crippen LogP contribution is -2.26. The quantitative estimate of drug-likeness (QED) is 0.488. The van der Waals surface area contributed by atoms with Crippen LogP contribution in [0.2, 0.25) is 0 Å². The van der Waals surface area contributed by atoms with Crippen molar-refractivity contribution in [2.75, 3.05) is 0 Å². The summed E-state index contributed by atoms with van der Waals surface area (Å²) in [5.41, 5.74) is 1.03. The van der Waals surface area contributed by atoms with Gasteiger partial charge >= 0.3 is 6.18 Å². The van der Waals surface area contributed by atoms with E-state index in [2.05, 4.69) is 20.4 Å². The number of nitrogens with zero attached hydrogens (tertiary/aromatic N) is 4. The van der Waals surface area contributed by atoms with Crippen LogP contribution in [0.1, 0.15) is 26.6 Å². The smallest absolute Gasteiger partial charge is 0.345 e. The highest BCUT2D eigenvalue weighted by atomic mass is 32.1. The van der Waals surface area contributed by atoms with Crippen LogP contribution in [-0.4, -0.2) is 25.7 Å². The molecule has 0 aliphatic heterocycles. The highest BCUT2D eigenvalue weighted by Gasteiger charge is 2.40. The fourth-order valence-corrected chi connectivity index (χ4v) is 3.71. The van der Waals surface area contributed by atoms with Gasteiger partial charge in [0.1, 0.15) is 5.01 Å². The Kier molecular flexibility index (Phi) is 5.55. The number of aryl methyl sites for hydroxylation is 1. The molecule has 1 amide bonds. The molecule has 1 aromatic carbocycles. The van der Waals surface area contributed by atoms with E-state index in [-0.39, 0.29) is 12.2 Å². The zero-order valence-corrected chi connectivity index (χ0v) is 17.0. The van der Waals surface area contributed by atoms with Crippen LogP contribution in [0.3, 0.4) is 0 Å². The van der Waals surface area contributed by atoms with Gasteiger partial charge in [0, 0.05) is 23.3 Å². The van der Waals surface area contributed by atoms with Crippen LogP contribution in [0.15, 0.2) is 60.4 Å². The second-order valence-corrected chi connectivity index (χ2v) is 7.64. The summed E-state index contributed by atoms with van der Waals surface area (Å²) in [5.74, 6) is -0.869. The molecule has 0 radical (unpaired) electrons. The number of hydrogen-bond acceptors (Lipinski definition) is 5. The van der Waals surface area contributed by atoms with Gasteiger partial charge in [-0.2, -0.15) is 18.3 Å². The maximum Gasteiger partial charge on any atom is 0.434 e. The number of carbonyl (C=O) groups is 1. The Morgan fingerprint density at radius 3 is 2.52 bits per heavy atom. The van der Waals surface area contributed by atoms with E-state index in [1.165, 1.54) is 23.5 Å². The summed E-state index contributed by atoms with van der Waals surface area (Å²) in [5, 5.41) is 8.71. The largest absolute Gasteiger partial charge is 0.434 e. The summed E-state index contributed by atoms with van der Waals surface area (Å²) in [7, 11) is 0. The first kappa shape index (κ1) is 20.7. The Bertz CT molecular complexity index is 1200. The molecule has 4 rings (SSSR count). The Morgan fingerprint density at radius 1 is 1.13 bits per heavy atom. The van der Waals surface area contributed by atoms with Gasteiger partial charge in [0.05, 0.1) is 29.7 Å². The number of thiazole rings is 1. The number of nitrogens with one attached hydrogen (secondary N) is 1. The number of rotatable bonds is 5. The maximum absolute atomic E-state index is 13.8. The summed E-state index contributed by atoms with van der Waals surface area (Å²) in [4.78, 5) is 20.9. The average molecular weight is 443 g/mol. The summed E-state index contributed by atoms with van der Waals surface area (Å²) in [6.45, 7) is 1.83. The standard InChI is InChI=1S/C21H16F3N5OS/c1-13-2-4-15(5-3-13)29-19(21(22,23)24)16(10-27-29)20(30)26-11-18-28-17(12-31-18)14-6-8-25-9-7-14/h2-10,12H,11H2,1H3,(H,26,30). The minimum Gasteiger partial charge on any atom is -0.345 e. The maximum atomic E-state index is 13.8. The first-order chi connectivity index (χ1) is 14.8. The molecule has 158 valence electrons. The first-order valence-electron chi connectivity index (χ1n) is 9.18. The van der Waals surface area contributed by atoms with Crippen molar-refractivity contribution in [2.24, 2.45) is 0 Å². The van der Waals surface area contributed by atoms with Crippen molar-refractivity contribution in [1.82, 2.24) is 25.1 Å². The molecule has 0 bridgehead atoms. The zero-order valence-electron chi connectivity index (χ0n) is 16.2. The molecule has 3 aromatic heterocycles. The van der Waals surface area contributed by atoms with E-state index in [0.29, 0.717) is 10.7 Å². The molecule has 31 heavy (non-hydrogen) atoms. The van der Waals surface area contributed by atoms with Crippen molar-refractivity contribution >= 4 is 17.2 Å². The van der Waals surface area contributed by atoms with Gasteiger partial charge < -0.3 is 5.32 Å². The lowest BCUT2D eigenvalue weighted by atomic mass is 10.2. The van der Waals surface area contributed by atoms with E-state index in [1.807, 2.05) is 12.3 Å². The van der Waals surface area contributed by atoms with Crippen LogP contribution in [0.5, 0.6) is 0 Å². The van der Waals surface area contributed by atoms with Crippen molar-refractivity contribution in [3.05, 3.63) is 82.2 Å². The van der Waals surface area contributed by atoms with Crippen LogP contribution in [0.4, 0.5) is 13.2 Å². The van der Waals surface area contributed by atoms with E-state index >= 15 is 0 Å². The first-order valence-corrected chi connectivity index (χ1v) is 10.1. The molecule has 0 spiro atoms. The minimum absolute atomic E-state index is 0.00158. The van der Waals surface area contributed by atoms with Crippen molar-refractivity contribution < 1.29 is 18.0 Å². The molecule has 0 atom stereocenters. The van der Waals surface area contributed by atoms with E-state index in [4.69, 9.17) is 0 Å². The molecule has 0 saturated heterocycles. The third-order valence-corrected chi connectivity index (χ3v) is 5.34. The highest BCUT2D eigenvalue weighted by molar-refractivity contribution is 7.09. The van der Waals surface area contributed by atoms with Gasteiger partial charge in [-0.1, -0.05) is 17.7 Å². The second-order valence-electron chi connectivity index (χ2n) is 6.70. The van der Waals surface area contributed by atoms with Gasteiger partial charge in [0.25, 0.3) is 5.91 Å². The number of pyridine rings is 1. The predicted molar refractivity (Wildman–Crippen MR) is 110 cm³/mol. The van der Waals surface area contributed by atoms with Crippen LogP contribution in [-0.2, 0) is 12.7 Å². The molecule has 1 N–H and O–H groups in total. The molecule has 0 aliphatic rings. The number of alkyl halides is 3. The topological polar surface area (TPSA) is 72.7 Å². The van der Waals surface area contributed by atoms with Crippen LogP contribution in [0, 0.1) is 6.92 Å². The SMILES string of the molecule is Cc1ccc(-n2ncc(C(=O)NCc3nc(-c4ccncc4)cs3)c2C(F)(F)F)cc1. The van der Waals surface area contributed by atoms with Crippen molar-refractivity contribution in [2.45, 2.75) is 19.6 Å². The molecular formula is C21H16F3N5OS. The van der Waals surface area contributed by atoms with Gasteiger partial charge in [-0.15, -0.1) is 11.3 Å². The van der Waals surface area contributed by atoms with Gasteiger partial charge in [0.15, 0.2) is 5.69 Å². The molecule has 6 nitrogen and oxygen atoms in total. The fourth-order valence-electron chi connectivity index (χ4n) is 2.97. The van der Waals surface area contributed by atoms with E-state index in [0.717, 1.165) is 22.0 Å². The third-order valence-electron chi connectivity index (χ3n) is 4.49. The van der Waals surface area contributed by atoms with Gasteiger partial charge in [0.2, 0.25) is 0 Å². The Morgan fingerprint density at radius 2 is 1.84 bits per heavy atom. The summed E-state index contributed by atoms with van der Waals surface area (Å²) >= 11 is 1.31. The molecule has 10 heteroatoms. The molecule has 4 aromatic rings. The highest BCUT2D eigenvalue weighted by Crippen LogP contribution is 2.33. The molecule has 0 unspecified atom stereocenters. The lowest BCUT2D eigenvalue weighted by Gasteiger charge is -2.13. The zero-order chi connectivity index (χ0) is 22.0. The Labute approximate surface area is 179 Å². The van der Waals surface area contributed by atoms with Crippen molar-refractivity contribution in [3.8, 4) is 16.9 Å². The minimum atomic E-state index is -4.76. The van der Waals surface area contributed by atoms with Crippen molar-refractivity contribution in [1.29, 1.82) is 0 Å². The predicted octanol–water partition coefficient (Wildman–Crippen LogP) is 4.65. The van der Waals surface area contributed by atoms with Gasteiger partial charge in [-0.25, -0.2) is 9.67 Å². The summed E-state index contributed by atoms with van der Waals surface area (Å²) in [6, 6.07) is 10.0. The molecule has 0 fully saturated rings. The number of carbonyl (C=O) groups excluding carboxylic acids is 1. The van der Waals surface area contributed by atoms with Crippen molar-refractivity contribution in [3.63, 3.8) is 0 Å². The average Bonchev–Trinajstić information content (AvgIpc) is 3.41. The van der Waals surface area contributed by atoms with Gasteiger partial charge in [-0.3, -0.25) is 9.78 Å². The Balaban J connectivity index is 1.55. The van der Waals surface area contributed by atoms with Gasteiger partial charge in [-0.05, 0) is 31.2 Å². The molecule has 0 saturated carbocycles. The molecule has 3 heterocycles. The van der Waals surface area contributed by atoms with Crippen LogP contribution >= 0.6 is 11.3 Å². The van der Waals surface area contributed by atoms with Crippen LogP contribution < -0.4 is 5.32 Å². The molecular weight excluding hydrogens is 427 g/mol. The Hall–Kier alpha value is -3.53. The molecule has 0 aliphatic carbocycles. The summed E-state index contributed by atoms with van der Waals surface area (Å²) in [6.07, 6.45) is -0.549. The number of hydrogen-bond donors (Lipinski definition) is 1. The van der Waals surface area contributed by atoms with Crippen LogP contribution in [0.25, 0.3) is 16.9 Å². The summed E-state index contributed by atoms with van der Waals surface area (Å²) < 4.78 is 42.0. The third kappa shape index (κ3) is 4.48. The monoisotopic (exact) mass is 443 g/mol. The lowest BCUT2D eigenvalue weighted by molar-refractivity contribution is -0.143. The number of aromatic nitrogens is 4. The normalized spacial score (nSPS) is 11.5. The number of benzene rings is 1. The number of halogens is 3. The van der Waals surface area contributed by atoms with E-state index in [9.17, 15) is 18.0 Å². The van der Waals surface area contributed by atoms with E-state index in [1.54, 1.807) is 36.7 Å².